The third-order valence-corrected chi connectivity index (χ3v) is 4.77. The second-order valence-electron chi connectivity index (χ2n) is 5.01. The van der Waals surface area contributed by atoms with E-state index in [2.05, 4.69) is 15.2 Å². The van der Waals surface area contributed by atoms with E-state index in [0.29, 0.717) is 16.3 Å². The molecule has 2 aromatic carbocycles. The molecule has 1 amide bonds. The van der Waals surface area contributed by atoms with Gasteiger partial charge in [0, 0.05) is 10.6 Å². The smallest absolute Gasteiger partial charge is 0.276 e. The molecular formula is C15H12ClN3O3S. The number of halogens is 1. The third kappa shape index (κ3) is 3.06. The molecule has 23 heavy (non-hydrogen) atoms. The van der Waals surface area contributed by atoms with E-state index in [9.17, 15) is 13.2 Å². The molecule has 0 aromatic heterocycles. The van der Waals surface area contributed by atoms with Gasteiger partial charge in [0.2, 0.25) is 0 Å². The van der Waals surface area contributed by atoms with Crippen molar-refractivity contribution in [1.82, 2.24) is 4.83 Å². The van der Waals surface area contributed by atoms with E-state index in [4.69, 9.17) is 11.6 Å². The Morgan fingerprint density at radius 3 is 2.52 bits per heavy atom. The number of hydrogen-bond acceptors (Lipinski definition) is 4. The van der Waals surface area contributed by atoms with Crippen molar-refractivity contribution in [3.63, 3.8) is 0 Å². The van der Waals surface area contributed by atoms with E-state index in [1.807, 2.05) is 6.92 Å². The largest absolute Gasteiger partial charge is 0.320 e. The molecule has 1 aliphatic heterocycles. The van der Waals surface area contributed by atoms with Gasteiger partial charge in [0.25, 0.3) is 15.9 Å². The number of sulfonamides is 1. The number of nitrogens with one attached hydrogen (secondary N) is 2. The van der Waals surface area contributed by atoms with Crippen molar-refractivity contribution in [2.24, 2.45) is 5.10 Å². The Hall–Kier alpha value is -2.38. The molecule has 1 aliphatic rings. The Balaban J connectivity index is 1.93. The summed E-state index contributed by atoms with van der Waals surface area (Å²) in [5.74, 6) is -0.492. The lowest BCUT2D eigenvalue weighted by atomic mass is 10.1. The van der Waals surface area contributed by atoms with Crippen LogP contribution in [0.5, 0.6) is 0 Å². The van der Waals surface area contributed by atoms with Gasteiger partial charge in [-0.25, -0.2) is 0 Å². The highest BCUT2D eigenvalue weighted by atomic mass is 35.5. The van der Waals surface area contributed by atoms with Gasteiger partial charge in [0.15, 0.2) is 5.71 Å². The Labute approximate surface area is 138 Å². The molecular weight excluding hydrogens is 338 g/mol. The molecule has 118 valence electrons. The molecule has 0 spiro atoms. The molecule has 0 saturated heterocycles. The van der Waals surface area contributed by atoms with E-state index in [1.54, 1.807) is 30.3 Å². The van der Waals surface area contributed by atoms with Gasteiger partial charge in [-0.2, -0.15) is 18.4 Å². The first-order valence-corrected chi connectivity index (χ1v) is 8.50. The van der Waals surface area contributed by atoms with E-state index >= 15 is 0 Å². The molecule has 0 bridgehead atoms. The minimum Gasteiger partial charge on any atom is -0.320 e. The minimum atomic E-state index is -3.85. The maximum Gasteiger partial charge on any atom is 0.276 e. The number of amides is 1. The van der Waals surface area contributed by atoms with Crippen molar-refractivity contribution in [3.8, 4) is 0 Å². The first kappa shape index (κ1) is 15.5. The number of hydrogen-bond donors (Lipinski definition) is 2. The topological polar surface area (TPSA) is 87.6 Å². The van der Waals surface area contributed by atoms with Crippen LogP contribution in [0.15, 0.2) is 52.5 Å². The van der Waals surface area contributed by atoms with Gasteiger partial charge in [-0.3, -0.25) is 4.79 Å². The van der Waals surface area contributed by atoms with E-state index in [1.165, 1.54) is 12.1 Å². The van der Waals surface area contributed by atoms with Crippen molar-refractivity contribution in [2.45, 2.75) is 11.8 Å². The minimum absolute atomic E-state index is 0.0295. The molecule has 0 radical (unpaired) electrons. The highest BCUT2D eigenvalue weighted by molar-refractivity contribution is 7.89. The summed E-state index contributed by atoms with van der Waals surface area (Å²) in [7, 11) is -3.85. The van der Waals surface area contributed by atoms with Crippen LogP contribution in [0.3, 0.4) is 0 Å². The van der Waals surface area contributed by atoms with Crippen LogP contribution in [0.2, 0.25) is 5.02 Å². The predicted octanol–water partition coefficient (Wildman–Crippen LogP) is 2.28. The summed E-state index contributed by atoms with van der Waals surface area (Å²) in [5, 5.41) is 6.79. The van der Waals surface area contributed by atoms with Crippen molar-refractivity contribution < 1.29 is 13.2 Å². The summed E-state index contributed by atoms with van der Waals surface area (Å²) in [6, 6.07) is 11.1. The lowest BCUT2D eigenvalue weighted by Crippen LogP contribution is -2.23. The maximum absolute atomic E-state index is 12.2. The molecule has 0 saturated carbocycles. The van der Waals surface area contributed by atoms with Crippen molar-refractivity contribution in [1.29, 1.82) is 0 Å². The molecule has 1 heterocycles. The van der Waals surface area contributed by atoms with E-state index < -0.39 is 15.9 Å². The van der Waals surface area contributed by atoms with E-state index in [0.717, 1.165) is 5.56 Å². The number of benzene rings is 2. The van der Waals surface area contributed by atoms with Gasteiger partial charge in [-0.05, 0) is 37.3 Å². The van der Waals surface area contributed by atoms with Crippen LogP contribution in [0.25, 0.3) is 0 Å². The lowest BCUT2D eigenvalue weighted by molar-refractivity contribution is -0.110. The molecule has 2 aromatic rings. The molecule has 0 unspecified atom stereocenters. The fourth-order valence-electron chi connectivity index (χ4n) is 2.11. The molecule has 0 aliphatic carbocycles. The highest BCUT2D eigenvalue weighted by Gasteiger charge is 2.27. The van der Waals surface area contributed by atoms with Crippen LogP contribution in [0.1, 0.15) is 11.1 Å². The normalized spacial score (nSPS) is 15.4. The Bertz CT molecular complexity index is 921. The summed E-state index contributed by atoms with van der Waals surface area (Å²) < 4.78 is 24.4. The number of rotatable bonds is 3. The van der Waals surface area contributed by atoms with Crippen LogP contribution in [0.4, 0.5) is 5.69 Å². The van der Waals surface area contributed by atoms with Crippen LogP contribution in [-0.2, 0) is 14.8 Å². The summed E-state index contributed by atoms with van der Waals surface area (Å²) >= 11 is 5.90. The molecule has 8 heteroatoms. The fraction of sp³-hybridized carbons (Fsp3) is 0.0667. The monoisotopic (exact) mass is 349 g/mol. The van der Waals surface area contributed by atoms with Crippen molar-refractivity contribution in [2.75, 3.05) is 5.32 Å². The lowest BCUT2D eigenvalue weighted by Gasteiger charge is -2.04. The average Bonchev–Trinajstić information content (AvgIpc) is 2.80. The Morgan fingerprint density at radius 1 is 1.13 bits per heavy atom. The number of hydrazone groups is 1. The first-order valence-electron chi connectivity index (χ1n) is 6.64. The second kappa shape index (κ2) is 5.68. The zero-order valence-electron chi connectivity index (χ0n) is 12.0. The Kier molecular flexibility index (Phi) is 3.83. The zero-order valence-corrected chi connectivity index (χ0v) is 13.6. The zero-order chi connectivity index (χ0) is 16.6. The summed E-state index contributed by atoms with van der Waals surface area (Å²) in [4.78, 5) is 14.1. The maximum atomic E-state index is 12.2. The van der Waals surface area contributed by atoms with Gasteiger partial charge in [-0.15, -0.1) is 0 Å². The van der Waals surface area contributed by atoms with Gasteiger partial charge in [0.1, 0.15) is 0 Å². The Morgan fingerprint density at radius 2 is 1.83 bits per heavy atom. The molecule has 0 atom stereocenters. The van der Waals surface area contributed by atoms with Gasteiger partial charge >= 0.3 is 0 Å². The number of carbonyl (C=O) groups is 1. The van der Waals surface area contributed by atoms with Gasteiger partial charge in [-0.1, -0.05) is 29.3 Å². The molecule has 3 rings (SSSR count). The van der Waals surface area contributed by atoms with Crippen molar-refractivity contribution in [3.05, 3.63) is 58.6 Å². The summed E-state index contributed by atoms with van der Waals surface area (Å²) in [6.07, 6.45) is 0. The average molecular weight is 350 g/mol. The van der Waals surface area contributed by atoms with Gasteiger partial charge in [0.05, 0.1) is 10.6 Å². The number of anilines is 1. The number of fused-ring (bicyclic) bond motifs is 1. The SMILES string of the molecule is Cc1ccc(S(=O)(=O)N/N=C2\C(=O)Nc3ccc(Cl)cc32)cc1. The number of nitrogens with zero attached hydrogens (tertiary/aromatic N) is 1. The van der Waals surface area contributed by atoms with Crippen LogP contribution in [-0.4, -0.2) is 20.0 Å². The second-order valence-corrected chi connectivity index (χ2v) is 7.11. The number of aryl methyl sites for hydroxylation is 1. The predicted molar refractivity (Wildman–Crippen MR) is 88.1 cm³/mol. The number of carbonyl (C=O) groups excluding carboxylic acids is 1. The van der Waals surface area contributed by atoms with Gasteiger partial charge < -0.3 is 5.32 Å². The van der Waals surface area contributed by atoms with Crippen LogP contribution in [0, 0.1) is 6.92 Å². The quantitative estimate of drug-likeness (QED) is 0.833. The summed E-state index contributed by atoms with van der Waals surface area (Å²) in [5.41, 5.74) is 1.90. The third-order valence-electron chi connectivity index (χ3n) is 3.31. The van der Waals surface area contributed by atoms with E-state index in [-0.39, 0.29) is 10.6 Å². The molecule has 2 N–H and O–H groups in total. The first-order chi connectivity index (χ1) is 10.9. The van der Waals surface area contributed by atoms with Crippen LogP contribution < -0.4 is 10.1 Å². The highest BCUT2D eigenvalue weighted by Crippen LogP contribution is 2.26. The standard InChI is InChI=1S/C15H12ClN3O3S/c1-9-2-5-11(6-3-9)23(21,22)19-18-14-12-8-10(16)4-7-13(12)17-15(14)20/h2-8,19H,1H3,(H,17,18,20). The fourth-order valence-corrected chi connectivity index (χ4v) is 3.10. The van der Waals surface area contributed by atoms with Crippen LogP contribution >= 0.6 is 11.6 Å². The molecule has 0 fully saturated rings. The summed E-state index contributed by atoms with van der Waals surface area (Å²) in [6.45, 7) is 1.85. The molecule has 6 nitrogen and oxygen atoms in total. The van der Waals surface area contributed by atoms with Crippen molar-refractivity contribution >= 4 is 38.9 Å².